The minimum Gasteiger partial charge on any atom is -0.321 e. The Morgan fingerprint density at radius 2 is 1.50 bits per heavy atom. The van der Waals surface area contributed by atoms with Gasteiger partial charge in [-0.25, -0.2) is 16.8 Å². The number of hydrogen-bond acceptors (Lipinski definition) is 7. The van der Waals surface area contributed by atoms with Gasteiger partial charge in [0.15, 0.2) is 11.2 Å². The number of rotatable bonds is 7. The minimum atomic E-state index is -5.43. The minimum absolute atomic E-state index is 0.0148. The molecule has 0 spiro atoms. The number of Topliss-reactive ketones (excluding diaryl/α,β-unsaturated/α-hetero) is 1. The zero-order chi connectivity index (χ0) is 21.1. The van der Waals surface area contributed by atoms with Gasteiger partial charge in [-0.1, -0.05) is 48.0 Å². The van der Waals surface area contributed by atoms with Crippen LogP contribution in [0.15, 0.2) is 59.5 Å². The highest BCUT2D eigenvalue weighted by Crippen LogP contribution is 2.22. The van der Waals surface area contributed by atoms with Crippen molar-refractivity contribution in [2.24, 2.45) is 5.73 Å². The molecule has 0 heterocycles. The van der Waals surface area contributed by atoms with Gasteiger partial charge in [0.05, 0.1) is 10.9 Å². The molecule has 0 radical (unpaired) electrons. The first kappa shape index (κ1) is 22.2. The van der Waals surface area contributed by atoms with Crippen molar-refractivity contribution in [1.29, 1.82) is 0 Å². The molecule has 0 aliphatic rings. The molecule has 0 saturated heterocycles. The van der Waals surface area contributed by atoms with Crippen LogP contribution < -0.4 is 5.73 Å². The number of nitrogens with two attached hydrogens (primary N) is 1. The second-order valence-electron chi connectivity index (χ2n) is 6.10. The van der Waals surface area contributed by atoms with Crippen LogP contribution in [0.1, 0.15) is 11.1 Å². The molecular weight excluding hydrogens is 426 g/mol. The number of carbonyl (C=O) groups is 2. The number of alkyl halides is 1. The zero-order valence-electron chi connectivity index (χ0n) is 14.8. The van der Waals surface area contributed by atoms with Crippen molar-refractivity contribution in [3.63, 3.8) is 0 Å². The Hall–Kier alpha value is -2.07. The zero-order valence-corrected chi connectivity index (χ0v) is 17.2. The molecule has 0 amide bonds. The lowest BCUT2D eigenvalue weighted by molar-refractivity contribution is -0.124. The summed E-state index contributed by atoms with van der Waals surface area (Å²) in [4.78, 5) is 24.0. The standard InChI is InChI=1S/C18H18ClNO6S2/c1-12-7-9-14(10-8-12)27(23,24)28(25,26)18(22)16(19)17(21)15(20)11-13-5-3-2-4-6-13/h2-10,15-16H,11,20H2,1H3/t15-,16?/m0/s1. The Morgan fingerprint density at radius 3 is 2.04 bits per heavy atom. The fourth-order valence-corrected chi connectivity index (χ4v) is 6.35. The molecule has 0 aliphatic heterocycles. The molecule has 2 rings (SSSR count). The van der Waals surface area contributed by atoms with Gasteiger partial charge in [0.25, 0.3) is 14.0 Å². The van der Waals surface area contributed by atoms with E-state index in [2.05, 4.69) is 0 Å². The molecule has 0 bridgehead atoms. The number of ketones is 1. The van der Waals surface area contributed by atoms with Crippen LogP contribution in [0.2, 0.25) is 0 Å². The summed E-state index contributed by atoms with van der Waals surface area (Å²) in [6.07, 6.45) is 0.0148. The number of carbonyl (C=O) groups excluding carboxylic acids is 2. The predicted octanol–water partition coefficient (Wildman–Crippen LogP) is 1.37. The molecule has 150 valence electrons. The van der Waals surface area contributed by atoms with Crippen LogP contribution in [0, 0.1) is 6.92 Å². The number of aryl methyl sites for hydroxylation is 1. The van der Waals surface area contributed by atoms with Gasteiger partial charge in [-0.2, -0.15) is 0 Å². The van der Waals surface area contributed by atoms with E-state index in [9.17, 15) is 26.4 Å². The maximum absolute atomic E-state index is 12.4. The first-order chi connectivity index (χ1) is 13.0. The molecule has 0 aliphatic carbocycles. The summed E-state index contributed by atoms with van der Waals surface area (Å²) in [7, 11) is -10.5. The number of hydrogen-bond donors (Lipinski definition) is 1. The van der Waals surface area contributed by atoms with Crippen molar-refractivity contribution >= 4 is 40.2 Å². The predicted molar refractivity (Wildman–Crippen MR) is 105 cm³/mol. The Bertz CT molecular complexity index is 1080. The van der Waals surface area contributed by atoms with Gasteiger partial charge in [0, 0.05) is 0 Å². The first-order valence-corrected chi connectivity index (χ1v) is 12.0. The summed E-state index contributed by atoms with van der Waals surface area (Å²) in [5.41, 5.74) is 7.11. The SMILES string of the molecule is Cc1ccc(S(=O)(=O)S(=O)(=O)C(=O)C(Cl)C(=O)[C@@H](N)Cc2ccccc2)cc1. The Labute approximate surface area is 167 Å². The molecule has 2 aromatic rings. The lowest BCUT2D eigenvalue weighted by Crippen LogP contribution is -2.44. The van der Waals surface area contributed by atoms with Crippen LogP contribution >= 0.6 is 11.6 Å². The smallest absolute Gasteiger partial charge is 0.321 e. The van der Waals surface area contributed by atoms with E-state index in [0.29, 0.717) is 11.1 Å². The van der Waals surface area contributed by atoms with Crippen molar-refractivity contribution in [3.8, 4) is 0 Å². The topological polar surface area (TPSA) is 128 Å². The van der Waals surface area contributed by atoms with Crippen LogP contribution in [-0.2, 0) is 33.7 Å². The Balaban J connectivity index is 2.24. The third-order valence-electron chi connectivity index (χ3n) is 3.97. The lowest BCUT2D eigenvalue weighted by Gasteiger charge is -2.14. The summed E-state index contributed by atoms with van der Waals surface area (Å²) in [5.74, 6) is -1.07. The second-order valence-corrected chi connectivity index (χ2v) is 11.9. The van der Waals surface area contributed by atoms with Crippen molar-refractivity contribution < 1.29 is 26.4 Å². The van der Waals surface area contributed by atoms with Gasteiger partial charge >= 0.3 is 8.87 Å². The van der Waals surface area contributed by atoms with E-state index < -0.39 is 45.0 Å². The van der Waals surface area contributed by atoms with E-state index in [1.165, 1.54) is 12.1 Å². The Kier molecular flexibility index (Phi) is 6.76. The fraction of sp³-hybridized carbons (Fsp3) is 0.222. The van der Waals surface area contributed by atoms with Gasteiger partial charge in [-0.3, -0.25) is 9.59 Å². The van der Waals surface area contributed by atoms with Crippen LogP contribution in [-0.4, -0.2) is 39.2 Å². The van der Waals surface area contributed by atoms with E-state index in [1.807, 2.05) is 0 Å². The molecule has 2 aromatic carbocycles. The highest BCUT2D eigenvalue weighted by molar-refractivity contribution is 8.72. The summed E-state index contributed by atoms with van der Waals surface area (Å²) < 4.78 is 49.5. The quantitative estimate of drug-likeness (QED) is 0.388. The van der Waals surface area contributed by atoms with E-state index in [4.69, 9.17) is 17.3 Å². The molecule has 0 fully saturated rings. The van der Waals surface area contributed by atoms with Gasteiger partial charge < -0.3 is 5.73 Å². The largest absolute Gasteiger partial charge is 0.321 e. The van der Waals surface area contributed by atoms with E-state index in [1.54, 1.807) is 37.3 Å². The molecule has 1 unspecified atom stereocenters. The van der Waals surface area contributed by atoms with Crippen molar-refractivity contribution in [2.75, 3.05) is 0 Å². The van der Waals surface area contributed by atoms with Gasteiger partial charge in [-0.15, -0.1) is 11.6 Å². The van der Waals surface area contributed by atoms with E-state index >= 15 is 0 Å². The normalized spacial score (nSPS) is 14.2. The molecule has 2 N–H and O–H groups in total. The summed E-state index contributed by atoms with van der Waals surface area (Å²) in [6.45, 7) is 1.68. The number of benzene rings is 2. The third kappa shape index (κ3) is 4.49. The van der Waals surface area contributed by atoms with Gasteiger partial charge in [0.2, 0.25) is 0 Å². The highest BCUT2D eigenvalue weighted by atomic mass is 35.5. The average Bonchev–Trinajstić information content (AvgIpc) is 2.67. The average molecular weight is 444 g/mol. The van der Waals surface area contributed by atoms with E-state index in [0.717, 1.165) is 12.1 Å². The molecule has 28 heavy (non-hydrogen) atoms. The van der Waals surface area contributed by atoms with E-state index in [-0.39, 0.29) is 6.42 Å². The van der Waals surface area contributed by atoms with Crippen molar-refractivity contribution in [1.82, 2.24) is 0 Å². The van der Waals surface area contributed by atoms with Crippen LogP contribution in [0.25, 0.3) is 0 Å². The molecule has 7 nitrogen and oxygen atoms in total. The van der Waals surface area contributed by atoms with Crippen molar-refractivity contribution in [2.45, 2.75) is 29.7 Å². The monoisotopic (exact) mass is 443 g/mol. The molecule has 0 aromatic heterocycles. The molecule has 2 atom stereocenters. The molecule has 0 saturated carbocycles. The lowest BCUT2D eigenvalue weighted by atomic mass is 10.0. The van der Waals surface area contributed by atoms with Crippen molar-refractivity contribution in [3.05, 3.63) is 65.7 Å². The third-order valence-corrected chi connectivity index (χ3v) is 9.47. The molecule has 10 heteroatoms. The van der Waals surface area contributed by atoms with Crippen LogP contribution in [0.3, 0.4) is 0 Å². The summed E-state index contributed by atoms with van der Waals surface area (Å²) >= 11 is 5.72. The maximum Gasteiger partial charge on any atom is 0.321 e. The first-order valence-electron chi connectivity index (χ1n) is 8.06. The van der Waals surface area contributed by atoms with Gasteiger partial charge in [-0.05, 0) is 31.0 Å². The highest BCUT2D eigenvalue weighted by Gasteiger charge is 2.45. The fourth-order valence-electron chi connectivity index (χ4n) is 2.34. The summed E-state index contributed by atoms with van der Waals surface area (Å²) in [6, 6.07) is 12.2. The Morgan fingerprint density at radius 1 is 0.964 bits per heavy atom. The van der Waals surface area contributed by atoms with Gasteiger partial charge in [0.1, 0.15) is 0 Å². The maximum atomic E-state index is 12.4. The van der Waals surface area contributed by atoms with Crippen LogP contribution in [0.4, 0.5) is 0 Å². The second kappa shape index (κ2) is 8.52. The summed E-state index contributed by atoms with van der Waals surface area (Å²) in [5, 5.41) is -4.15. The number of halogens is 1. The molecular formula is C18H18ClNO6S2. The van der Waals surface area contributed by atoms with Crippen LogP contribution in [0.5, 0.6) is 0 Å².